The largest absolute Gasteiger partial charge is 0.465 e. The SMILES string of the molecule is COC(=O)c1sc(Cl)cc1S(=O)(=O)N1CCN(C/C=C/c2ccccc2)CC1.Cl. The van der Waals surface area contributed by atoms with Crippen LogP contribution < -0.4 is 0 Å². The fraction of sp³-hybridized carbons (Fsp3) is 0.316. The Hall–Kier alpha value is -1.42. The first kappa shape index (κ1) is 23.9. The average Bonchev–Trinajstić information content (AvgIpc) is 3.11. The standard InChI is InChI=1S/C19H21ClN2O4S2.ClH/c1-26-19(23)18-16(14-17(20)27-18)28(24,25)22-12-10-21(11-13-22)9-5-8-15-6-3-2-4-7-15;/h2-8,14H,9-13H2,1H3;1H/b8-5+;. The molecule has 0 aliphatic carbocycles. The van der Waals surface area contributed by atoms with Crippen molar-refractivity contribution in [3.63, 3.8) is 0 Å². The molecule has 1 aliphatic heterocycles. The normalized spacial score (nSPS) is 15.9. The molecule has 1 saturated heterocycles. The smallest absolute Gasteiger partial charge is 0.349 e. The van der Waals surface area contributed by atoms with Gasteiger partial charge in [0.1, 0.15) is 9.77 Å². The summed E-state index contributed by atoms with van der Waals surface area (Å²) in [4.78, 5) is 14.0. The van der Waals surface area contributed by atoms with Crippen LogP contribution in [0.15, 0.2) is 47.4 Å². The molecule has 0 radical (unpaired) electrons. The molecule has 1 aliphatic rings. The molecular formula is C19H22Cl2N2O4S2. The Morgan fingerprint density at radius 2 is 1.86 bits per heavy atom. The Bertz CT molecular complexity index is 954. The summed E-state index contributed by atoms with van der Waals surface area (Å²) in [5.74, 6) is -0.694. The molecule has 0 unspecified atom stereocenters. The van der Waals surface area contributed by atoms with Crippen molar-refractivity contribution in [2.75, 3.05) is 39.8 Å². The zero-order valence-corrected chi connectivity index (χ0v) is 19.0. The summed E-state index contributed by atoms with van der Waals surface area (Å²) >= 11 is 6.87. The van der Waals surface area contributed by atoms with Gasteiger partial charge in [-0.3, -0.25) is 4.90 Å². The van der Waals surface area contributed by atoms with Gasteiger partial charge < -0.3 is 4.74 Å². The minimum atomic E-state index is -3.80. The van der Waals surface area contributed by atoms with Crippen LogP contribution in [0.3, 0.4) is 0 Å². The summed E-state index contributed by atoms with van der Waals surface area (Å²) in [5, 5.41) is 0. The number of carbonyl (C=O) groups excluding carboxylic acids is 1. The van der Waals surface area contributed by atoms with Crippen molar-refractivity contribution in [3.8, 4) is 0 Å². The summed E-state index contributed by atoms with van der Waals surface area (Å²) < 4.78 is 32.3. The second-order valence-electron chi connectivity index (χ2n) is 6.25. The quantitative estimate of drug-likeness (QED) is 0.595. The number of rotatable bonds is 6. The lowest BCUT2D eigenvalue weighted by Gasteiger charge is -2.33. The lowest BCUT2D eigenvalue weighted by atomic mass is 10.2. The van der Waals surface area contributed by atoms with E-state index < -0.39 is 16.0 Å². The third kappa shape index (κ3) is 5.81. The van der Waals surface area contributed by atoms with Gasteiger partial charge in [0.15, 0.2) is 0 Å². The summed E-state index contributed by atoms with van der Waals surface area (Å²) in [7, 11) is -2.58. The van der Waals surface area contributed by atoms with Crippen LogP contribution in [0.5, 0.6) is 0 Å². The first-order valence-corrected chi connectivity index (χ1v) is 11.4. The van der Waals surface area contributed by atoms with Gasteiger partial charge in [0, 0.05) is 32.7 Å². The van der Waals surface area contributed by atoms with Gasteiger partial charge >= 0.3 is 5.97 Å². The number of nitrogens with zero attached hydrogens (tertiary/aromatic N) is 2. The first-order valence-electron chi connectivity index (χ1n) is 8.73. The minimum absolute atomic E-state index is 0. The number of carbonyl (C=O) groups is 1. The highest BCUT2D eigenvalue weighted by Gasteiger charge is 2.33. The molecule has 0 amide bonds. The Labute approximate surface area is 186 Å². The van der Waals surface area contributed by atoms with Crippen molar-refractivity contribution in [1.82, 2.24) is 9.21 Å². The van der Waals surface area contributed by atoms with Crippen molar-refractivity contribution in [2.45, 2.75) is 4.90 Å². The maximum Gasteiger partial charge on any atom is 0.349 e. The summed E-state index contributed by atoms with van der Waals surface area (Å²) in [6.45, 7) is 2.69. The average molecular weight is 477 g/mol. The van der Waals surface area contributed by atoms with E-state index in [0.717, 1.165) is 23.4 Å². The Morgan fingerprint density at radius 1 is 1.21 bits per heavy atom. The van der Waals surface area contributed by atoms with Gasteiger partial charge in [0.05, 0.1) is 11.4 Å². The van der Waals surface area contributed by atoms with E-state index in [1.165, 1.54) is 17.5 Å². The van der Waals surface area contributed by atoms with E-state index >= 15 is 0 Å². The number of hydrogen-bond donors (Lipinski definition) is 0. The third-order valence-corrected chi connectivity index (χ3v) is 7.76. The lowest BCUT2D eigenvalue weighted by Crippen LogP contribution is -2.48. The highest BCUT2D eigenvalue weighted by molar-refractivity contribution is 7.89. The van der Waals surface area contributed by atoms with Crippen LogP contribution in [0.25, 0.3) is 6.08 Å². The van der Waals surface area contributed by atoms with E-state index in [1.807, 2.05) is 30.3 Å². The minimum Gasteiger partial charge on any atom is -0.465 e. The van der Waals surface area contributed by atoms with Crippen LogP contribution in [0.4, 0.5) is 0 Å². The fourth-order valence-corrected chi connectivity index (χ4v) is 6.09. The molecule has 1 aromatic heterocycles. The number of ether oxygens (including phenoxy) is 1. The van der Waals surface area contributed by atoms with Crippen molar-refractivity contribution in [3.05, 3.63) is 57.3 Å². The first-order chi connectivity index (χ1) is 13.4. The van der Waals surface area contributed by atoms with Crippen molar-refractivity contribution < 1.29 is 17.9 Å². The molecule has 158 valence electrons. The topological polar surface area (TPSA) is 66.9 Å². The van der Waals surface area contributed by atoms with Crippen LogP contribution in [0, 0.1) is 0 Å². The van der Waals surface area contributed by atoms with E-state index in [0.29, 0.717) is 26.2 Å². The number of hydrogen-bond acceptors (Lipinski definition) is 6. The molecule has 0 spiro atoms. The van der Waals surface area contributed by atoms with Crippen molar-refractivity contribution >= 4 is 57.4 Å². The highest BCUT2D eigenvalue weighted by Crippen LogP contribution is 2.33. The van der Waals surface area contributed by atoms with Crippen LogP contribution in [0.1, 0.15) is 15.2 Å². The molecule has 2 aromatic rings. The van der Waals surface area contributed by atoms with E-state index in [2.05, 4.69) is 21.8 Å². The van der Waals surface area contributed by atoms with E-state index in [1.54, 1.807) is 0 Å². The molecule has 10 heteroatoms. The summed E-state index contributed by atoms with van der Waals surface area (Å²) in [5.41, 5.74) is 1.13. The number of halogens is 2. The lowest BCUT2D eigenvalue weighted by molar-refractivity contribution is 0.0602. The second kappa shape index (κ2) is 10.6. The molecule has 0 atom stereocenters. The maximum atomic E-state index is 13.0. The molecular weight excluding hydrogens is 455 g/mol. The number of benzene rings is 1. The van der Waals surface area contributed by atoms with Gasteiger partial charge in [-0.15, -0.1) is 23.7 Å². The predicted molar refractivity (Wildman–Crippen MR) is 119 cm³/mol. The molecule has 1 fully saturated rings. The van der Waals surface area contributed by atoms with Gasteiger partial charge in [0.25, 0.3) is 0 Å². The van der Waals surface area contributed by atoms with Crippen LogP contribution in [-0.4, -0.2) is 63.4 Å². The van der Waals surface area contributed by atoms with Gasteiger partial charge in [-0.2, -0.15) is 4.31 Å². The van der Waals surface area contributed by atoms with Crippen molar-refractivity contribution in [2.24, 2.45) is 0 Å². The van der Waals surface area contributed by atoms with Gasteiger partial charge in [-0.25, -0.2) is 13.2 Å². The molecule has 29 heavy (non-hydrogen) atoms. The van der Waals surface area contributed by atoms with Crippen LogP contribution >= 0.6 is 35.3 Å². The molecule has 1 aromatic carbocycles. The molecule has 0 N–H and O–H groups in total. The van der Waals surface area contributed by atoms with Crippen LogP contribution in [-0.2, 0) is 14.8 Å². The highest BCUT2D eigenvalue weighted by atomic mass is 35.5. The maximum absolute atomic E-state index is 13.0. The van der Waals surface area contributed by atoms with Gasteiger partial charge in [-0.1, -0.05) is 54.1 Å². The molecule has 2 heterocycles. The van der Waals surface area contributed by atoms with Gasteiger partial charge in [0.2, 0.25) is 10.0 Å². The number of methoxy groups -OCH3 is 1. The van der Waals surface area contributed by atoms with Gasteiger partial charge in [-0.05, 0) is 11.6 Å². The second-order valence-corrected chi connectivity index (χ2v) is 9.84. The Morgan fingerprint density at radius 3 is 2.48 bits per heavy atom. The zero-order valence-electron chi connectivity index (χ0n) is 15.8. The molecule has 3 rings (SSSR count). The Balaban J connectivity index is 0.00000300. The number of sulfonamides is 1. The number of esters is 1. The third-order valence-electron chi connectivity index (χ3n) is 4.46. The predicted octanol–water partition coefficient (Wildman–Crippen LogP) is 3.63. The fourth-order valence-electron chi connectivity index (χ4n) is 2.97. The summed E-state index contributed by atoms with van der Waals surface area (Å²) in [6.07, 6.45) is 4.13. The number of piperazine rings is 1. The monoisotopic (exact) mass is 476 g/mol. The Kier molecular flexibility index (Phi) is 8.69. The van der Waals surface area contributed by atoms with E-state index in [9.17, 15) is 13.2 Å². The molecule has 0 saturated carbocycles. The zero-order chi connectivity index (χ0) is 20.1. The van der Waals surface area contributed by atoms with E-state index in [4.69, 9.17) is 11.6 Å². The molecule has 0 bridgehead atoms. The van der Waals surface area contributed by atoms with E-state index in [-0.39, 0.29) is 26.5 Å². The van der Waals surface area contributed by atoms with Crippen molar-refractivity contribution in [1.29, 1.82) is 0 Å². The molecule has 6 nitrogen and oxygen atoms in total. The number of thiophene rings is 1. The summed E-state index contributed by atoms with van der Waals surface area (Å²) in [6, 6.07) is 11.3. The van der Waals surface area contributed by atoms with Crippen LogP contribution in [0.2, 0.25) is 4.34 Å².